The standard InChI is InChI=1S/C28H19NO/c1-2-10-24-17(5-1)21-13-15(11-12-25(21)29-24)16-6-3-7-18-19-8-4-9-20(26-22-14-23(22)26)28(19)30-27(16)18/h1-13,22-23,26,29H,14H2. The Morgan fingerprint density at radius 1 is 0.667 bits per heavy atom. The summed E-state index contributed by atoms with van der Waals surface area (Å²) in [6.07, 6.45) is 1.41. The Kier molecular flexibility index (Phi) is 2.63. The summed E-state index contributed by atoms with van der Waals surface area (Å²) in [7, 11) is 0. The van der Waals surface area contributed by atoms with Gasteiger partial charge in [-0.1, -0.05) is 60.7 Å². The minimum Gasteiger partial charge on any atom is -0.455 e. The zero-order chi connectivity index (χ0) is 19.4. The maximum absolute atomic E-state index is 6.61. The van der Waals surface area contributed by atoms with Gasteiger partial charge in [0.1, 0.15) is 11.2 Å². The molecule has 4 aromatic carbocycles. The number of hydrogen-bond acceptors (Lipinski definition) is 1. The molecule has 2 fully saturated rings. The number of H-pyrrole nitrogens is 1. The van der Waals surface area contributed by atoms with Crippen LogP contribution in [0.2, 0.25) is 0 Å². The first kappa shape index (κ1) is 15.3. The van der Waals surface area contributed by atoms with Gasteiger partial charge in [-0.3, -0.25) is 0 Å². The SMILES string of the molecule is c1ccc2c(c1)[nH]c1ccc(-c3cccc4c3oc3c(C5C6CC65)cccc34)cc12. The molecule has 2 heteroatoms. The molecule has 2 saturated carbocycles. The van der Waals surface area contributed by atoms with Crippen molar-refractivity contribution >= 4 is 43.7 Å². The van der Waals surface area contributed by atoms with Gasteiger partial charge in [-0.2, -0.15) is 0 Å². The fourth-order valence-electron chi connectivity index (χ4n) is 5.59. The highest BCUT2D eigenvalue weighted by molar-refractivity contribution is 6.12. The number of hydrogen-bond donors (Lipinski definition) is 1. The van der Waals surface area contributed by atoms with Gasteiger partial charge in [0, 0.05) is 38.1 Å². The van der Waals surface area contributed by atoms with Crippen molar-refractivity contribution in [3.63, 3.8) is 0 Å². The lowest BCUT2D eigenvalue weighted by atomic mass is 9.98. The average molecular weight is 385 g/mol. The van der Waals surface area contributed by atoms with E-state index in [9.17, 15) is 0 Å². The van der Waals surface area contributed by atoms with Gasteiger partial charge in [0.25, 0.3) is 0 Å². The second-order valence-electron chi connectivity index (χ2n) is 9.03. The highest BCUT2D eigenvalue weighted by Gasteiger charge is 2.65. The second-order valence-corrected chi connectivity index (χ2v) is 9.03. The molecule has 30 heavy (non-hydrogen) atoms. The fourth-order valence-corrected chi connectivity index (χ4v) is 5.59. The van der Waals surface area contributed by atoms with E-state index in [1.165, 1.54) is 55.7 Å². The number of rotatable bonds is 2. The normalized spacial score (nSPS) is 22.2. The van der Waals surface area contributed by atoms with Crippen LogP contribution in [-0.2, 0) is 0 Å². The van der Waals surface area contributed by atoms with Gasteiger partial charge in [-0.15, -0.1) is 0 Å². The predicted octanol–water partition coefficient (Wildman–Crippen LogP) is 7.62. The van der Waals surface area contributed by atoms with Gasteiger partial charge >= 0.3 is 0 Å². The summed E-state index contributed by atoms with van der Waals surface area (Å²) in [6.45, 7) is 0. The minimum absolute atomic E-state index is 0.736. The Balaban J connectivity index is 1.40. The van der Waals surface area contributed by atoms with Crippen LogP contribution >= 0.6 is 0 Å². The van der Waals surface area contributed by atoms with E-state index < -0.39 is 0 Å². The third-order valence-corrected chi connectivity index (χ3v) is 7.40. The summed E-state index contributed by atoms with van der Waals surface area (Å²) >= 11 is 0. The van der Waals surface area contributed by atoms with Crippen LogP contribution in [0.1, 0.15) is 17.9 Å². The molecule has 0 aliphatic heterocycles. The van der Waals surface area contributed by atoms with E-state index in [4.69, 9.17) is 4.42 Å². The number of aromatic nitrogens is 1. The Hall–Kier alpha value is -3.52. The van der Waals surface area contributed by atoms with Crippen LogP contribution in [0, 0.1) is 11.8 Å². The lowest BCUT2D eigenvalue weighted by Gasteiger charge is -2.04. The smallest absolute Gasteiger partial charge is 0.143 e. The summed E-state index contributed by atoms with van der Waals surface area (Å²) < 4.78 is 6.61. The molecular weight excluding hydrogens is 366 g/mol. The number of fused-ring (bicyclic) bond motifs is 7. The maximum atomic E-state index is 6.61. The van der Waals surface area contributed by atoms with Gasteiger partial charge in [-0.25, -0.2) is 0 Å². The van der Waals surface area contributed by atoms with E-state index in [0.717, 1.165) is 28.9 Å². The molecular formula is C28H19NO. The zero-order valence-electron chi connectivity index (χ0n) is 16.4. The van der Waals surface area contributed by atoms with E-state index >= 15 is 0 Å². The fraction of sp³-hybridized carbons (Fsp3) is 0.143. The minimum atomic E-state index is 0.736. The molecule has 0 radical (unpaired) electrons. The van der Waals surface area contributed by atoms with Crippen molar-refractivity contribution in [2.75, 3.05) is 0 Å². The van der Waals surface area contributed by atoms with Crippen molar-refractivity contribution in [1.82, 2.24) is 4.98 Å². The monoisotopic (exact) mass is 385 g/mol. The molecule has 6 aromatic rings. The number of nitrogens with one attached hydrogen (secondary N) is 1. The lowest BCUT2D eigenvalue weighted by Crippen LogP contribution is -1.88. The first-order valence-corrected chi connectivity index (χ1v) is 10.8. The van der Waals surface area contributed by atoms with Crippen LogP contribution in [0.15, 0.2) is 83.3 Å². The average Bonchev–Trinajstić information content (AvgIpc) is 3.62. The summed E-state index contributed by atoms with van der Waals surface area (Å²) in [5, 5.41) is 5.00. The van der Waals surface area contributed by atoms with Crippen LogP contribution in [-0.4, -0.2) is 4.98 Å². The summed E-state index contributed by atoms with van der Waals surface area (Å²) in [5.74, 6) is 2.58. The topological polar surface area (TPSA) is 28.9 Å². The Morgan fingerprint density at radius 3 is 2.30 bits per heavy atom. The molecule has 2 aromatic heterocycles. The molecule has 142 valence electrons. The van der Waals surface area contributed by atoms with E-state index in [-0.39, 0.29) is 0 Å². The third-order valence-electron chi connectivity index (χ3n) is 7.40. The molecule has 8 rings (SSSR count). The quantitative estimate of drug-likeness (QED) is 0.326. The molecule has 2 heterocycles. The van der Waals surface area contributed by atoms with Crippen molar-refractivity contribution in [3.8, 4) is 11.1 Å². The number of benzene rings is 4. The van der Waals surface area contributed by atoms with Gasteiger partial charge in [0.05, 0.1) is 0 Å². The third kappa shape index (κ3) is 1.89. The molecule has 2 nitrogen and oxygen atoms in total. The van der Waals surface area contributed by atoms with Crippen LogP contribution < -0.4 is 0 Å². The number of furan rings is 1. The highest BCUT2D eigenvalue weighted by Crippen LogP contribution is 2.74. The van der Waals surface area contributed by atoms with Gasteiger partial charge < -0.3 is 9.40 Å². The van der Waals surface area contributed by atoms with Gasteiger partial charge in [-0.05, 0) is 53.5 Å². The van der Waals surface area contributed by atoms with E-state index in [0.29, 0.717) is 0 Å². The molecule has 2 unspecified atom stereocenters. The Bertz CT molecular complexity index is 1640. The molecule has 0 spiro atoms. The maximum Gasteiger partial charge on any atom is 0.143 e. The highest BCUT2D eigenvalue weighted by atomic mass is 16.3. The van der Waals surface area contributed by atoms with Crippen LogP contribution in [0.5, 0.6) is 0 Å². The van der Waals surface area contributed by atoms with Gasteiger partial charge in [0.15, 0.2) is 0 Å². The summed E-state index contributed by atoms with van der Waals surface area (Å²) in [5.41, 5.74) is 8.25. The molecule has 2 atom stereocenters. The summed E-state index contributed by atoms with van der Waals surface area (Å²) in [4.78, 5) is 3.53. The van der Waals surface area contributed by atoms with Crippen molar-refractivity contribution in [3.05, 3.63) is 84.4 Å². The molecule has 0 saturated heterocycles. The Labute approximate surface area is 173 Å². The lowest BCUT2D eigenvalue weighted by molar-refractivity contribution is 0.654. The van der Waals surface area contributed by atoms with Gasteiger partial charge in [0.2, 0.25) is 0 Å². The zero-order valence-corrected chi connectivity index (χ0v) is 16.4. The Morgan fingerprint density at radius 2 is 1.43 bits per heavy atom. The number of para-hydroxylation sites is 3. The van der Waals surface area contributed by atoms with E-state index in [2.05, 4.69) is 83.8 Å². The van der Waals surface area contributed by atoms with E-state index in [1.54, 1.807) is 0 Å². The second kappa shape index (κ2) is 5.14. The number of aromatic amines is 1. The molecule has 2 aliphatic carbocycles. The van der Waals surface area contributed by atoms with Crippen molar-refractivity contribution in [1.29, 1.82) is 0 Å². The van der Waals surface area contributed by atoms with Crippen LogP contribution in [0.4, 0.5) is 0 Å². The largest absolute Gasteiger partial charge is 0.455 e. The van der Waals surface area contributed by atoms with Crippen molar-refractivity contribution in [2.24, 2.45) is 11.8 Å². The first-order chi connectivity index (χ1) is 14.9. The first-order valence-electron chi connectivity index (χ1n) is 10.8. The molecule has 0 amide bonds. The molecule has 2 aliphatic rings. The summed E-state index contributed by atoms with van der Waals surface area (Å²) in [6, 6.07) is 28.4. The van der Waals surface area contributed by atoms with Crippen molar-refractivity contribution in [2.45, 2.75) is 12.3 Å². The van der Waals surface area contributed by atoms with Crippen molar-refractivity contribution < 1.29 is 4.42 Å². The van der Waals surface area contributed by atoms with Crippen LogP contribution in [0.25, 0.3) is 54.9 Å². The molecule has 0 bridgehead atoms. The van der Waals surface area contributed by atoms with E-state index in [1.807, 2.05) is 0 Å². The van der Waals surface area contributed by atoms with Crippen LogP contribution in [0.3, 0.4) is 0 Å². The predicted molar refractivity (Wildman–Crippen MR) is 123 cm³/mol. The molecule has 1 N–H and O–H groups in total.